The van der Waals surface area contributed by atoms with Gasteiger partial charge >= 0.3 is 18.4 Å². The van der Waals surface area contributed by atoms with E-state index in [0.717, 1.165) is 35.4 Å². The number of esters is 2. The van der Waals surface area contributed by atoms with Crippen LogP contribution in [-0.4, -0.2) is 46.2 Å². The van der Waals surface area contributed by atoms with Crippen molar-refractivity contribution in [1.29, 1.82) is 0 Å². The molecule has 1 aromatic heterocycles. The molecular formula is C40H43BN2O4. The first-order chi connectivity index (χ1) is 22.5. The van der Waals surface area contributed by atoms with Gasteiger partial charge in [-0.05, 0) is 120 Å². The molecule has 2 aliphatic rings. The maximum absolute atomic E-state index is 12.3. The highest BCUT2D eigenvalue weighted by molar-refractivity contribution is 6.87. The third-order valence-corrected chi connectivity index (χ3v) is 9.49. The van der Waals surface area contributed by atoms with Crippen LogP contribution in [0.3, 0.4) is 0 Å². The largest absolute Gasteiger partial charge is 0.520 e. The molecule has 0 bridgehead atoms. The topological polar surface area (TPSA) is 60.5 Å². The predicted molar refractivity (Wildman–Crippen MR) is 190 cm³/mol. The smallest absolute Gasteiger partial charge is 0.462 e. The number of aromatic nitrogens is 1. The number of benzene rings is 2. The minimum absolute atomic E-state index is 0.321. The zero-order valence-electron chi connectivity index (χ0n) is 29.1. The third-order valence-electron chi connectivity index (χ3n) is 9.49. The zero-order chi connectivity index (χ0) is 34.0. The van der Waals surface area contributed by atoms with Gasteiger partial charge in [0, 0.05) is 40.5 Å². The van der Waals surface area contributed by atoms with Crippen molar-refractivity contribution in [2.24, 2.45) is 0 Å². The molecule has 47 heavy (non-hydrogen) atoms. The first-order valence-corrected chi connectivity index (χ1v) is 16.6. The minimum atomic E-state index is -2.07. The van der Waals surface area contributed by atoms with E-state index in [2.05, 4.69) is 80.9 Å². The van der Waals surface area contributed by atoms with E-state index in [0.29, 0.717) is 24.3 Å². The number of ether oxygens (including phenoxy) is 2. The lowest BCUT2D eigenvalue weighted by atomic mass is 9.45. The molecule has 6 nitrogen and oxygen atoms in total. The molecule has 0 atom stereocenters. The Hall–Kier alpha value is -5.01. The lowest BCUT2D eigenvalue weighted by Crippen LogP contribution is -2.57. The summed E-state index contributed by atoms with van der Waals surface area (Å²) in [5.74, 6) is 13.8. The first kappa shape index (κ1) is 33.4. The molecule has 0 spiro atoms. The highest BCUT2D eigenvalue weighted by Gasteiger charge is 2.51. The quantitative estimate of drug-likeness (QED) is 0.162. The summed E-state index contributed by atoms with van der Waals surface area (Å²) in [5, 5.41) is 0. The highest BCUT2D eigenvalue weighted by atomic mass is 16.5. The van der Waals surface area contributed by atoms with Gasteiger partial charge in [0.2, 0.25) is 0 Å². The van der Waals surface area contributed by atoms with Gasteiger partial charge in [-0.3, -0.25) is 0 Å². The van der Waals surface area contributed by atoms with Crippen LogP contribution >= 0.6 is 0 Å². The van der Waals surface area contributed by atoms with E-state index in [9.17, 15) is 9.59 Å². The van der Waals surface area contributed by atoms with Gasteiger partial charge in [0.05, 0.1) is 24.3 Å². The van der Waals surface area contributed by atoms with Crippen molar-refractivity contribution in [2.75, 3.05) is 13.2 Å². The number of hydrogen-bond acceptors (Lipinski definition) is 4. The summed E-state index contributed by atoms with van der Waals surface area (Å²) in [6, 6.07) is 14.5. The van der Waals surface area contributed by atoms with Crippen LogP contribution < -0.4 is 0 Å². The standard InChI is InChI=1S/C40H43BN2O4/c1-10-35-26(5)37-28(7)38-27(6)36(11-2)30(9)43(38)41(42(37)29(35)8,24-22-31-14-18-33(19-15-31)39(44)46-12-3)25-23-32-16-20-34(21-17-32)40(45)47-13-4/h14-21H,10-13H2,1-9H3. The van der Waals surface area contributed by atoms with Crippen molar-refractivity contribution in [3.05, 3.63) is 110 Å². The van der Waals surface area contributed by atoms with E-state index in [-0.39, 0.29) is 11.9 Å². The molecule has 0 N–H and O–H groups in total. The minimum Gasteiger partial charge on any atom is -0.462 e. The van der Waals surface area contributed by atoms with E-state index in [1.807, 2.05) is 24.3 Å². The van der Waals surface area contributed by atoms with Crippen molar-refractivity contribution in [2.45, 2.75) is 75.2 Å². The Morgan fingerprint density at radius 3 is 1.64 bits per heavy atom. The lowest BCUT2D eigenvalue weighted by molar-refractivity contribution is -0.330. The van der Waals surface area contributed by atoms with Gasteiger partial charge in [-0.2, -0.15) is 11.6 Å². The fourth-order valence-electron chi connectivity index (χ4n) is 7.41. The Morgan fingerprint density at radius 1 is 0.723 bits per heavy atom. The van der Waals surface area contributed by atoms with Crippen molar-refractivity contribution in [1.82, 2.24) is 4.48 Å². The Bertz CT molecular complexity index is 1920. The van der Waals surface area contributed by atoms with Crippen molar-refractivity contribution < 1.29 is 23.5 Å². The van der Waals surface area contributed by atoms with E-state index in [4.69, 9.17) is 9.47 Å². The van der Waals surface area contributed by atoms with Crippen LogP contribution in [0.2, 0.25) is 0 Å². The molecule has 0 unspecified atom stereocenters. The molecule has 0 fully saturated rings. The lowest BCUT2D eigenvalue weighted by Gasteiger charge is -2.38. The van der Waals surface area contributed by atoms with E-state index in [1.165, 1.54) is 39.2 Å². The van der Waals surface area contributed by atoms with E-state index < -0.39 is 6.42 Å². The van der Waals surface area contributed by atoms with Gasteiger partial charge in [0.15, 0.2) is 5.70 Å². The van der Waals surface area contributed by atoms with Crippen LogP contribution in [0.15, 0.2) is 65.4 Å². The summed E-state index contributed by atoms with van der Waals surface area (Å²) in [5.41, 5.74) is 13.6. The van der Waals surface area contributed by atoms with Crippen LogP contribution in [0.1, 0.15) is 109 Å². The van der Waals surface area contributed by atoms with Gasteiger partial charge in [0.25, 0.3) is 0 Å². The molecule has 0 saturated heterocycles. The molecule has 240 valence electrons. The number of carbonyl (C=O) groups excluding carboxylic acids is 2. The van der Waals surface area contributed by atoms with Crippen molar-refractivity contribution in [3.8, 4) is 23.5 Å². The fraction of sp³-hybridized carbons (Fsp3) is 0.325. The molecule has 0 radical (unpaired) electrons. The summed E-state index contributed by atoms with van der Waals surface area (Å²) < 4.78 is 15.1. The Morgan fingerprint density at radius 2 is 1.21 bits per heavy atom. The van der Waals surface area contributed by atoms with Gasteiger partial charge < -0.3 is 18.4 Å². The maximum atomic E-state index is 12.3. The Kier molecular flexibility index (Phi) is 9.50. The molecule has 0 amide bonds. The van der Waals surface area contributed by atoms with Crippen LogP contribution in [0.4, 0.5) is 0 Å². The number of allylic oxidation sites excluding steroid dienone is 3. The number of carbonyl (C=O) groups is 2. The molecule has 5 rings (SSSR count). The molecule has 7 heteroatoms. The average Bonchev–Trinajstić information content (AvgIpc) is 3.49. The van der Waals surface area contributed by atoms with Gasteiger partial charge in [0.1, 0.15) is 5.71 Å². The fourth-order valence-corrected chi connectivity index (χ4v) is 7.41. The van der Waals surface area contributed by atoms with Gasteiger partial charge in [-0.25, -0.2) is 9.59 Å². The normalized spacial score (nSPS) is 14.6. The number of nitrogens with zero attached hydrogens (tertiary/aromatic N) is 2. The second-order valence-corrected chi connectivity index (χ2v) is 12.1. The summed E-state index contributed by atoms with van der Waals surface area (Å²) in [7, 11) is 0. The van der Waals surface area contributed by atoms with Gasteiger partial charge in [-0.1, -0.05) is 13.8 Å². The molecule has 3 aromatic rings. The van der Waals surface area contributed by atoms with Gasteiger partial charge in [-0.15, -0.1) is 11.8 Å². The van der Waals surface area contributed by atoms with Crippen molar-refractivity contribution in [3.63, 3.8) is 0 Å². The average molecular weight is 627 g/mol. The molecule has 0 saturated carbocycles. The number of hydrogen-bond donors (Lipinski definition) is 0. The third kappa shape index (κ3) is 5.65. The van der Waals surface area contributed by atoms with Crippen LogP contribution in [0.25, 0.3) is 5.57 Å². The first-order valence-electron chi connectivity index (χ1n) is 16.6. The summed E-state index contributed by atoms with van der Waals surface area (Å²) >= 11 is 0. The van der Waals surface area contributed by atoms with E-state index >= 15 is 0 Å². The van der Waals surface area contributed by atoms with Crippen molar-refractivity contribution >= 4 is 29.6 Å². The molecule has 2 aliphatic heterocycles. The van der Waals surface area contributed by atoms with Crippen LogP contribution in [0.5, 0.6) is 0 Å². The second-order valence-electron chi connectivity index (χ2n) is 12.1. The zero-order valence-corrected chi connectivity index (χ0v) is 29.1. The molecule has 0 aliphatic carbocycles. The van der Waals surface area contributed by atoms with Crippen LogP contribution in [0, 0.1) is 37.3 Å². The van der Waals surface area contributed by atoms with Crippen LogP contribution in [-0.2, 0) is 15.9 Å². The Labute approximate surface area is 279 Å². The van der Waals surface area contributed by atoms with E-state index in [1.54, 1.807) is 38.1 Å². The predicted octanol–water partition coefficient (Wildman–Crippen LogP) is 7.45. The summed E-state index contributed by atoms with van der Waals surface area (Å²) in [4.78, 5) is 24.6. The molecule has 3 heterocycles. The number of rotatable bonds is 6. The summed E-state index contributed by atoms with van der Waals surface area (Å²) in [6.45, 7) is 19.6. The second kappa shape index (κ2) is 13.4. The Balaban J connectivity index is 1.80. The molecule has 2 aromatic carbocycles. The number of fused-ring (bicyclic) bond motifs is 2. The summed E-state index contributed by atoms with van der Waals surface area (Å²) in [6.07, 6.45) is -0.270. The molecular weight excluding hydrogens is 583 g/mol. The monoisotopic (exact) mass is 626 g/mol. The SMILES string of the molecule is CCOC(=O)c1ccc(C#C[B-]2(C#Cc3ccc(C(=O)OCC)cc3)n3c(C)c(CC)c(C)c3C(C)=C3C(C)=C(CC)C(C)=[N+]32)cc1. The maximum Gasteiger partial charge on any atom is 0.520 e. The highest BCUT2D eigenvalue weighted by Crippen LogP contribution is 2.43.